The largest absolute Gasteiger partial charge is 0.489 e. The quantitative estimate of drug-likeness (QED) is 0.761. The molecule has 0 aromatic heterocycles. The second kappa shape index (κ2) is 7.84. The fourth-order valence-corrected chi connectivity index (χ4v) is 2.29. The molecule has 2 heteroatoms. The van der Waals surface area contributed by atoms with Crippen molar-refractivity contribution in [3.8, 4) is 5.75 Å². The van der Waals surface area contributed by atoms with Gasteiger partial charge in [-0.05, 0) is 49.6 Å². The minimum absolute atomic E-state index is 0.618. The summed E-state index contributed by atoms with van der Waals surface area (Å²) < 4.78 is 5.90. The van der Waals surface area contributed by atoms with Crippen molar-refractivity contribution in [2.75, 3.05) is 6.54 Å². The summed E-state index contributed by atoms with van der Waals surface area (Å²) in [6.07, 6.45) is 1.17. The van der Waals surface area contributed by atoms with Crippen molar-refractivity contribution < 1.29 is 4.74 Å². The standard InChI is InChI=1S/C19H25NO/c1-4-11-20-13-17-6-8-18(9-7-17)14-21-19-10-5-15(2)12-16(19)3/h5-10,12,20H,4,11,13-14H2,1-3H3. The van der Waals surface area contributed by atoms with Gasteiger partial charge >= 0.3 is 0 Å². The Hall–Kier alpha value is -1.80. The summed E-state index contributed by atoms with van der Waals surface area (Å²) >= 11 is 0. The highest BCUT2D eigenvalue weighted by molar-refractivity contribution is 5.36. The van der Waals surface area contributed by atoms with E-state index in [1.165, 1.54) is 28.7 Å². The fraction of sp³-hybridized carbons (Fsp3) is 0.368. The first-order valence-electron chi connectivity index (χ1n) is 7.67. The highest BCUT2D eigenvalue weighted by Crippen LogP contribution is 2.20. The molecule has 21 heavy (non-hydrogen) atoms. The van der Waals surface area contributed by atoms with Gasteiger partial charge in [-0.15, -0.1) is 0 Å². The summed E-state index contributed by atoms with van der Waals surface area (Å²) in [4.78, 5) is 0. The van der Waals surface area contributed by atoms with E-state index < -0.39 is 0 Å². The van der Waals surface area contributed by atoms with Gasteiger partial charge in [-0.2, -0.15) is 0 Å². The van der Waals surface area contributed by atoms with Crippen LogP contribution in [0.3, 0.4) is 0 Å². The Morgan fingerprint density at radius 1 is 0.952 bits per heavy atom. The van der Waals surface area contributed by atoms with Crippen LogP contribution in [0.2, 0.25) is 0 Å². The summed E-state index contributed by atoms with van der Waals surface area (Å²) in [6.45, 7) is 8.99. The van der Waals surface area contributed by atoms with Gasteiger partial charge in [-0.1, -0.05) is 48.9 Å². The van der Waals surface area contributed by atoms with Crippen molar-refractivity contribution in [2.45, 2.75) is 40.3 Å². The van der Waals surface area contributed by atoms with Crippen LogP contribution in [0, 0.1) is 13.8 Å². The molecule has 0 amide bonds. The van der Waals surface area contributed by atoms with E-state index >= 15 is 0 Å². The zero-order valence-electron chi connectivity index (χ0n) is 13.3. The molecule has 0 saturated heterocycles. The topological polar surface area (TPSA) is 21.3 Å². The lowest BCUT2D eigenvalue weighted by Gasteiger charge is -2.10. The molecule has 2 aromatic rings. The summed E-state index contributed by atoms with van der Waals surface area (Å²) in [5.74, 6) is 0.967. The zero-order valence-corrected chi connectivity index (χ0v) is 13.3. The number of hydrogen-bond acceptors (Lipinski definition) is 2. The molecule has 0 aliphatic carbocycles. The molecule has 0 spiro atoms. The van der Waals surface area contributed by atoms with Gasteiger partial charge in [0.1, 0.15) is 12.4 Å². The van der Waals surface area contributed by atoms with Crippen LogP contribution in [0.15, 0.2) is 42.5 Å². The predicted molar refractivity (Wildman–Crippen MR) is 88.7 cm³/mol. The van der Waals surface area contributed by atoms with Crippen LogP contribution in [0.1, 0.15) is 35.6 Å². The van der Waals surface area contributed by atoms with Crippen molar-refractivity contribution in [1.29, 1.82) is 0 Å². The first-order valence-corrected chi connectivity index (χ1v) is 7.67. The molecule has 0 aliphatic rings. The Balaban J connectivity index is 1.88. The van der Waals surface area contributed by atoms with Crippen LogP contribution in [-0.4, -0.2) is 6.54 Å². The Morgan fingerprint density at radius 2 is 1.67 bits per heavy atom. The molecule has 0 radical (unpaired) electrons. The molecule has 2 nitrogen and oxygen atoms in total. The second-order valence-electron chi connectivity index (χ2n) is 5.55. The maximum absolute atomic E-state index is 5.90. The lowest BCUT2D eigenvalue weighted by Crippen LogP contribution is -2.13. The third-order valence-electron chi connectivity index (χ3n) is 3.50. The molecule has 112 valence electrons. The minimum Gasteiger partial charge on any atom is -0.489 e. The lowest BCUT2D eigenvalue weighted by atomic mass is 10.1. The Bertz CT molecular complexity index is 560. The molecule has 0 heterocycles. The Kier molecular flexibility index (Phi) is 5.82. The molecule has 0 bridgehead atoms. The number of benzene rings is 2. The van der Waals surface area contributed by atoms with E-state index in [-0.39, 0.29) is 0 Å². The maximum atomic E-state index is 5.90. The second-order valence-corrected chi connectivity index (χ2v) is 5.55. The van der Waals surface area contributed by atoms with Gasteiger partial charge in [0.05, 0.1) is 0 Å². The maximum Gasteiger partial charge on any atom is 0.122 e. The van der Waals surface area contributed by atoms with E-state index in [4.69, 9.17) is 4.74 Å². The SMILES string of the molecule is CCCNCc1ccc(COc2ccc(C)cc2C)cc1. The average Bonchev–Trinajstić information content (AvgIpc) is 2.48. The number of rotatable bonds is 7. The Morgan fingerprint density at radius 3 is 2.33 bits per heavy atom. The summed E-state index contributed by atoms with van der Waals surface area (Å²) in [5, 5.41) is 3.41. The monoisotopic (exact) mass is 283 g/mol. The van der Waals surface area contributed by atoms with Gasteiger partial charge in [0, 0.05) is 6.54 Å². The molecular weight excluding hydrogens is 258 g/mol. The molecule has 2 rings (SSSR count). The summed E-state index contributed by atoms with van der Waals surface area (Å²) in [5.41, 5.74) is 4.98. The highest BCUT2D eigenvalue weighted by atomic mass is 16.5. The van der Waals surface area contributed by atoms with Crippen molar-refractivity contribution in [1.82, 2.24) is 5.32 Å². The molecular formula is C19H25NO. The van der Waals surface area contributed by atoms with Crippen LogP contribution in [-0.2, 0) is 13.2 Å². The first-order chi connectivity index (χ1) is 10.2. The molecule has 0 unspecified atom stereocenters. The van der Waals surface area contributed by atoms with Crippen molar-refractivity contribution in [3.05, 3.63) is 64.7 Å². The number of aryl methyl sites for hydroxylation is 2. The molecule has 1 N–H and O–H groups in total. The molecule has 0 atom stereocenters. The minimum atomic E-state index is 0.618. The van der Waals surface area contributed by atoms with Crippen molar-refractivity contribution in [2.24, 2.45) is 0 Å². The van der Waals surface area contributed by atoms with Crippen LogP contribution >= 0.6 is 0 Å². The molecule has 0 saturated carbocycles. The number of hydrogen-bond donors (Lipinski definition) is 1. The van der Waals surface area contributed by atoms with E-state index in [9.17, 15) is 0 Å². The van der Waals surface area contributed by atoms with Gasteiger partial charge < -0.3 is 10.1 Å². The number of nitrogens with one attached hydrogen (secondary N) is 1. The highest BCUT2D eigenvalue weighted by Gasteiger charge is 2.01. The smallest absolute Gasteiger partial charge is 0.122 e. The zero-order chi connectivity index (χ0) is 15.1. The summed E-state index contributed by atoms with van der Waals surface area (Å²) in [7, 11) is 0. The Labute approximate surface area is 128 Å². The predicted octanol–water partition coefficient (Wildman–Crippen LogP) is 4.38. The van der Waals surface area contributed by atoms with E-state index in [2.05, 4.69) is 62.5 Å². The number of ether oxygens (including phenoxy) is 1. The molecule has 0 aliphatic heterocycles. The van der Waals surface area contributed by atoms with Crippen LogP contribution in [0.5, 0.6) is 5.75 Å². The van der Waals surface area contributed by atoms with Crippen LogP contribution in [0.4, 0.5) is 0 Å². The third-order valence-corrected chi connectivity index (χ3v) is 3.50. The van der Waals surface area contributed by atoms with Crippen LogP contribution < -0.4 is 10.1 Å². The average molecular weight is 283 g/mol. The van der Waals surface area contributed by atoms with Gasteiger partial charge in [-0.25, -0.2) is 0 Å². The van der Waals surface area contributed by atoms with Gasteiger partial charge in [0.15, 0.2) is 0 Å². The van der Waals surface area contributed by atoms with Crippen LogP contribution in [0.25, 0.3) is 0 Å². The third kappa shape index (κ3) is 4.91. The van der Waals surface area contributed by atoms with Crippen molar-refractivity contribution in [3.63, 3.8) is 0 Å². The fourth-order valence-electron chi connectivity index (χ4n) is 2.29. The van der Waals surface area contributed by atoms with E-state index in [0.717, 1.165) is 18.8 Å². The molecule has 2 aromatic carbocycles. The van der Waals surface area contributed by atoms with E-state index in [1.54, 1.807) is 0 Å². The van der Waals surface area contributed by atoms with E-state index in [1.807, 2.05) is 6.07 Å². The lowest BCUT2D eigenvalue weighted by molar-refractivity contribution is 0.304. The normalized spacial score (nSPS) is 10.6. The van der Waals surface area contributed by atoms with Gasteiger partial charge in [-0.3, -0.25) is 0 Å². The molecule has 0 fully saturated rings. The van der Waals surface area contributed by atoms with Gasteiger partial charge in [0.2, 0.25) is 0 Å². The van der Waals surface area contributed by atoms with E-state index in [0.29, 0.717) is 6.61 Å². The first kappa shape index (κ1) is 15.6. The summed E-state index contributed by atoms with van der Waals surface area (Å²) in [6, 6.07) is 14.9. The van der Waals surface area contributed by atoms with Crippen molar-refractivity contribution >= 4 is 0 Å². The van der Waals surface area contributed by atoms with Gasteiger partial charge in [0.25, 0.3) is 0 Å².